The van der Waals surface area contributed by atoms with E-state index in [2.05, 4.69) is 30.9 Å². The molecule has 0 unspecified atom stereocenters. The minimum absolute atomic E-state index is 0.328. The monoisotopic (exact) mass is 350 g/mol. The van der Waals surface area contributed by atoms with Crippen LogP contribution in [-0.4, -0.2) is 63.0 Å². The molecule has 4 heterocycles. The van der Waals surface area contributed by atoms with Crippen LogP contribution in [0.4, 0.5) is 5.69 Å². The molecule has 1 atom stereocenters. The SMILES string of the molecule is CB(O)N(C)[C@H]1CCCN(c2ccnc3[nH]cc(-c4cncnc4)c23)C1. The molecule has 0 aromatic carbocycles. The van der Waals surface area contributed by atoms with Crippen molar-refractivity contribution in [3.8, 4) is 11.1 Å². The van der Waals surface area contributed by atoms with Crippen molar-refractivity contribution in [3.63, 3.8) is 0 Å². The largest absolute Gasteiger partial charge is 0.437 e. The van der Waals surface area contributed by atoms with Crippen molar-refractivity contribution in [1.29, 1.82) is 0 Å². The fourth-order valence-corrected chi connectivity index (χ4v) is 3.78. The van der Waals surface area contributed by atoms with Crippen LogP contribution in [0.25, 0.3) is 22.2 Å². The zero-order chi connectivity index (χ0) is 18.1. The summed E-state index contributed by atoms with van der Waals surface area (Å²) in [6.07, 6.45) is 11.2. The van der Waals surface area contributed by atoms with Gasteiger partial charge in [-0.05, 0) is 32.8 Å². The van der Waals surface area contributed by atoms with Crippen molar-refractivity contribution in [2.24, 2.45) is 0 Å². The first kappa shape index (κ1) is 17.0. The number of nitrogens with one attached hydrogen (secondary N) is 1. The van der Waals surface area contributed by atoms with E-state index in [1.807, 2.05) is 43.5 Å². The minimum Gasteiger partial charge on any atom is -0.437 e. The zero-order valence-corrected chi connectivity index (χ0v) is 15.1. The van der Waals surface area contributed by atoms with Crippen LogP contribution in [0.3, 0.4) is 0 Å². The average Bonchev–Trinajstić information content (AvgIpc) is 3.12. The molecular formula is C18H23BN6O. The number of hydrogen-bond donors (Lipinski definition) is 2. The molecule has 1 fully saturated rings. The van der Waals surface area contributed by atoms with E-state index in [0.29, 0.717) is 6.04 Å². The van der Waals surface area contributed by atoms with Gasteiger partial charge in [-0.2, -0.15) is 0 Å². The average molecular weight is 350 g/mol. The third kappa shape index (κ3) is 3.06. The van der Waals surface area contributed by atoms with E-state index in [1.54, 1.807) is 6.33 Å². The second-order valence-electron chi connectivity index (χ2n) is 6.92. The fraction of sp³-hybridized carbons (Fsp3) is 0.389. The highest BCUT2D eigenvalue weighted by atomic mass is 16.2. The van der Waals surface area contributed by atoms with Gasteiger partial charge in [0.1, 0.15) is 12.0 Å². The standard InChI is InChI=1S/C18H23BN6O/c1-19(26)24(2)14-4-3-7-25(11-14)16-5-6-22-18-17(16)15(10-23-18)13-8-20-12-21-9-13/h5-6,8-10,12,14,26H,3-4,7,11H2,1-2H3,(H,22,23)/t14-/m0/s1. The van der Waals surface area contributed by atoms with Crippen molar-refractivity contribution in [2.45, 2.75) is 25.7 Å². The Labute approximate surface area is 153 Å². The van der Waals surface area contributed by atoms with Crippen LogP contribution >= 0.6 is 0 Å². The van der Waals surface area contributed by atoms with E-state index in [0.717, 1.165) is 48.1 Å². The molecule has 7 nitrogen and oxygen atoms in total. The van der Waals surface area contributed by atoms with Crippen molar-refractivity contribution in [2.75, 3.05) is 25.0 Å². The number of likely N-dealkylation sites (N-methyl/N-ethyl adjacent to an activating group) is 1. The number of aromatic amines is 1. The Hall–Kier alpha value is -2.45. The number of piperidine rings is 1. The van der Waals surface area contributed by atoms with Crippen LogP contribution in [0.1, 0.15) is 12.8 Å². The van der Waals surface area contributed by atoms with E-state index in [9.17, 15) is 5.02 Å². The van der Waals surface area contributed by atoms with E-state index in [1.165, 1.54) is 5.69 Å². The number of H-pyrrole nitrogens is 1. The number of hydrogen-bond acceptors (Lipinski definition) is 6. The summed E-state index contributed by atoms with van der Waals surface area (Å²) < 4.78 is 0. The summed E-state index contributed by atoms with van der Waals surface area (Å²) in [6.45, 7) is 3.71. The lowest BCUT2D eigenvalue weighted by molar-refractivity contribution is 0.291. The van der Waals surface area contributed by atoms with Crippen molar-refractivity contribution < 1.29 is 5.02 Å². The third-order valence-corrected chi connectivity index (χ3v) is 5.33. The molecule has 2 N–H and O–H groups in total. The highest BCUT2D eigenvalue weighted by Gasteiger charge is 2.28. The van der Waals surface area contributed by atoms with E-state index in [-0.39, 0.29) is 0 Å². The molecular weight excluding hydrogens is 327 g/mol. The molecule has 0 spiro atoms. The number of anilines is 1. The minimum atomic E-state index is -0.443. The molecule has 0 saturated carbocycles. The van der Waals surface area contributed by atoms with Crippen LogP contribution < -0.4 is 4.90 Å². The molecule has 8 heteroatoms. The Morgan fingerprint density at radius 2 is 2.15 bits per heavy atom. The van der Waals surface area contributed by atoms with E-state index in [4.69, 9.17) is 0 Å². The Morgan fingerprint density at radius 3 is 2.92 bits per heavy atom. The quantitative estimate of drug-likeness (QED) is 0.701. The van der Waals surface area contributed by atoms with Gasteiger partial charge in [0.15, 0.2) is 0 Å². The smallest absolute Gasteiger partial charge is 0.376 e. The summed E-state index contributed by atoms with van der Waals surface area (Å²) in [5, 5.41) is 11.0. The summed E-state index contributed by atoms with van der Waals surface area (Å²) in [5.74, 6) is 0. The first-order valence-electron chi connectivity index (χ1n) is 9.01. The maximum Gasteiger partial charge on any atom is 0.376 e. The second-order valence-corrected chi connectivity index (χ2v) is 6.92. The Kier molecular flexibility index (Phi) is 4.61. The van der Waals surface area contributed by atoms with Gasteiger partial charge in [-0.25, -0.2) is 15.0 Å². The topological polar surface area (TPSA) is 81.2 Å². The van der Waals surface area contributed by atoms with Gasteiger partial charge in [-0.3, -0.25) is 0 Å². The molecule has 0 radical (unpaired) electrons. The maximum atomic E-state index is 9.94. The predicted octanol–water partition coefficient (Wildman–Crippen LogP) is 2.03. The second kappa shape index (κ2) is 7.05. The molecule has 0 amide bonds. The van der Waals surface area contributed by atoms with Gasteiger partial charge < -0.3 is 19.7 Å². The summed E-state index contributed by atoms with van der Waals surface area (Å²) in [5.41, 5.74) is 4.07. The number of nitrogens with zero attached hydrogens (tertiary/aromatic N) is 5. The number of pyridine rings is 1. The lowest BCUT2D eigenvalue weighted by Gasteiger charge is -2.39. The van der Waals surface area contributed by atoms with Gasteiger partial charge in [-0.1, -0.05) is 0 Å². The fourth-order valence-electron chi connectivity index (χ4n) is 3.78. The van der Waals surface area contributed by atoms with E-state index < -0.39 is 7.05 Å². The summed E-state index contributed by atoms with van der Waals surface area (Å²) in [4.78, 5) is 20.5. The molecule has 4 rings (SSSR count). The first-order chi connectivity index (χ1) is 12.6. The van der Waals surface area contributed by atoms with Crippen LogP contribution in [-0.2, 0) is 0 Å². The van der Waals surface area contributed by atoms with Gasteiger partial charge in [-0.15, -0.1) is 0 Å². The molecule has 26 heavy (non-hydrogen) atoms. The van der Waals surface area contributed by atoms with E-state index >= 15 is 0 Å². The van der Waals surface area contributed by atoms with Crippen molar-refractivity contribution in [1.82, 2.24) is 24.7 Å². The number of fused-ring (bicyclic) bond motifs is 1. The van der Waals surface area contributed by atoms with Crippen molar-refractivity contribution >= 4 is 23.8 Å². The van der Waals surface area contributed by atoms with Crippen LogP contribution in [0.5, 0.6) is 0 Å². The van der Waals surface area contributed by atoms with Crippen LogP contribution in [0.2, 0.25) is 6.82 Å². The van der Waals surface area contributed by atoms with Gasteiger partial charge in [0.05, 0.1) is 5.39 Å². The lowest BCUT2D eigenvalue weighted by Crippen LogP contribution is -2.51. The third-order valence-electron chi connectivity index (χ3n) is 5.33. The van der Waals surface area contributed by atoms with Crippen LogP contribution in [0.15, 0.2) is 37.2 Å². The summed E-state index contributed by atoms with van der Waals surface area (Å²) >= 11 is 0. The normalized spacial score (nSPS) is 17.8. The van der Waals surface area contributed by atoms with Crippen LogP contribution in [0, 0.1) is 0 Å². The molecule has 1 saturated heterocycles. The molecule has 1 aliphatic heterocycles. The summed E-state index contributed by atoms with van der Waals surface area (Å²) in [6, 6.07) is 2.41. The molecule has 134 valence electrons. The maximum absolute atomic E-state index is 9.94. The van der Waals surface area contributed by atoms with Gasteiger partial charge in [0.25, 0.3) is 0 Å². The van der Waals surface area contributed by atoms with Gasteiger partial charge >= 0.3 is 7.05 Å². The van der Waals surface area contributed by atoms with Gasteiger partial charge in [0.2, 0.25) is 0 Å². The molecule has 1 aliphatic rings. The molecule has 3 aromatic rings. The number of rotatable bonds is 4. The van der Waals surface area contributed by atoms with Crippen molar-refractivity contribution in [3.05, 3.63) is 37.2 Å². The zero-order valence-electron chi connectivity index (χ0n) is 15.1. The first-order valence-corrected chi connectivity index (χ1v) is 9.01. The Morgan fingerprint density at radius 1 is 1.35 bits per heavy atom. The predicted molar refractivity (Wildman–Crippen MR) is 104 cm³/mol. The Bertz CT molecular complexity index is 884. The molecule has 0 aliphatic carbocycles. The highest BCUT2D eigenvalue weighted by Crippen LogP contribution is 2.35. The lowest BCUT2D eigenvalue weighted by atomic mass is 9.82. The molecule has 3 aromatic heterocycles. The Balaban J connectivity index is 1.74. The van der Waals surface area contributed by atoms with Gasteiger partial charge in [0, 0.05) is 60.7 Å². The highest BCUT2D eigenvalue weighted by molar-refractivity contribution is 6.45. The number of aromatic nitrogens is 4. The molecule has 0 bridgehead atoms. The summed E-state index contributed by atoms with van der Waals surface area (Å²) in [7, 11) is 1.55.